The molecule has 0 saturated heterocycles. The fourth-order valence-electron chi connectivity index (χ4n) is 1.05. The average molecular weight is 320 g/mol. The van der Waals surface area contributed by atoms with Gasteiger partial charge in [0.15, 0.2) is 5.65 Å². The summed E-state index contributed by atoms with van der Waals surface area (Å²) in [4.78, 5) is 32.3. The van der Waals surface area contributed by atoms with Crippen LogP contribution in [0.3, 0.4) is 0 Å². The zero-order chi connectivity index (χ0) is 16.4. The van der Waals surface area contributed by atoms with E-state index in [0.29, 0.717) is 0 Å². The van der Waals surface area contributed by atoms with Gasteiger partial charge in [0.05, 0.1) is 6.33 Å². The second kappa shape index (κ2) is 5.59. The van der Waals surface area contributed by atoms with Gasteiger partial charge in [-0.3, -0.25) is 14.8 Å². The number of aliphatic hydroxyl groups is 1. The number of alkyl halides is 6. The molecule has 2 aromatic rings. The molecule has 21 heavy (non-hydrogen) atoms. The lowest BCUT2D eigenvalue weighted by atomic mass is 10.3. The highest BCUT2D eigenvalue weighted by Gasteiger charge is 2.55. The Balaban J connectivity index is 0.000000212. The maximum absolute atomic E-state index is 11.0. The van der Waals surface area contributed by atoms with Gasteiger partial charge >= 0.3 is 18.0 Å². The summed E-state index contributed by atoms with van der Waals surface area (Å²) in [5.41, 5.74) is -0.445. The maximum atomic E-state index is 11.0. The van der Waals surface area contributed by atoms with Gasteiger partial charge < -0.3 is 10.1 Å². The largest absolute Gasteiger partial charge is 0.423 e. The fourth-order valence-corrected chi connectivity index (χ4v) is 1.05. The van der Waals surface area contributed by atoms with Gasteiger partial charge in [0.25, 0.3) is 5.56 Å². The lowest BCUT2D eigenvalue weighted by molar-refractivity contribution is -0.308. The highest BCUT2D eigenvalue weighted by Crippen LogP contribution is 2.32. The number of halogens is 6. The molecule has 0 aliphatic rings. The first kappa shape index (κ1) is 16.7. The summed E-state index contributed by atoms with van der Waals surface area (Å²) in [5, 5.41) is 7.47. The first-order valence-corrected chi connectivity index (χ1v) is 4.90. The summed E-state index contributed by atoms with van der Waals surface area (Å²) in [6, 6.07) is 0. The normalized spacial score (nSPS) is 12.4. The smallest absolute Gasteiger partial charge is 0.377 e. The van der Waals surface area contributed by atoms with Crippen LogP contribution in [0.5, 0.6) is 0 Å². The molecule has 0 radical (unpaired) electrons. The van der Waals surface area contributed by atoms with E-state index in [1.165, 1.54) is 6.33 Å². The lowest BCUT2D eigenvalue weighted by Crippen LogP contribution is -2.41. The van der Waals surface area contributed by atoms with Crippen molar-refractivity contribution in [2.24, 2.45) is 0 Å². The number of aliphatic hydroxyl groups excluding tert-OH is 1. The molecule has 118 valence electrons. The number of aromatic nitrogens is 4. The zero-order valence-corrected chi connectivity index (χ0v) is 9.63. The third kappa shape index (κ3) is 4.34. The molecule has 0 aliphatic heterocycles. The van der Waals surface area contributed by atoms with Crippen molar-refractivity contribution < 1.29 is 31.4 Å². The Labute approximate surface area is 109 Å². The maximum Gasteiger partial charge on any atom is 0.423 e. The van der Waals surface area contributed by atoms with Gasteiger partial charge in [-0.05, 0) is 0 Å². The van der Waals surface area contributed by atoms with Crippen molar-refractivity contribution in [1.82, 2.24) is 19.9 Å². The lowest BCUT2D eigenvalue weighted by Gasteiger charge is -2.16. The van der Waals surface area contributed by atoms with Crippen molar-refractivity contribution in [3.63, 3.8) is 0 Å². The number of nitrogens with zero attached hydrogens (tertiary/aromatic N) is 1. The Morgan fingerprint density at radius 2 is 1.57 bits per heavy atom. The van der Waals surface area contributed by atoms with Gasteiger partial charge in [-0.25, -0.2) is 9.78 Å². The highest BCUT2D eigenvalue weighted by atomic mass is 19.4. The van der Waals surface area contributed by atoms with E-state index in [1.807, 2.05) is 0 Å². The summed E-state index contributed by atoms with van der Waals surface area (Å²) < 4.78 is 65.9. The average Bonchev–Trinajstić information content (AvgIpc) is 2.74. The first-order valence-electron chi connectivity index (χ1n) is 4.90. The van der Waals surface area contributed by atoms with Crippen LogP contribution in [0.2, 0.25) is 0 Å². The molecule has 0 aliphatic carbocycles. The van der Waals surface area contributed by atoms with Crippen LogP contribution in [0.15, 0.2) is 15.9 Å². The van der Waals surface area contributed by atoms with E-state index in [2.05, 4.69) is 19.9 Å². The van der Waals surface area contributed by atoms with Crippen LogP contribution in [0.25, 0.3) is 11.2 Å². The number of imidazole rings is 1. The monoisotopic (exact) mass is 320 g/mol. The minimum Gasteiger partial charge on any atom is -0.377 e. The molecule has 0 saturated carbocycles. The number of rotatable bonds is 0. The van der Waals surface area contributed by atoms with E-state index in [1.54, 1.807) is 0 Å². The summed E-state index contributed by atoms with van der Waals surface area (Å²) >= 11 is 0. The topological polar surface area (TPSA) is 115 Å². The first-order chi connectivity index (χ1) is 9.43. The van der Waals surface area contributed by atoms with E-state index < -0.39 is 29.7 Å². The molecule has 4 N–H and O–H groups in total. The molecular formula is C8H6F6N4O3. The molecule has 2 rings (SSSR count). The molecule has 0 unspecified atom stereocenters. The van der Waals surface area contributed by atoms with Gasteiger partial charge in [0.2, 0.25) is 6.10 Å². The van der Waals surface area contributed by atoms with E-state index in [0.717, 1.165) is 0 Å². The van der Waals surface area contributed by atoms with Crippen LogP contribution in [0.1, 0.15) is 0 Å². The van der Waals surface area contributed by atoms with Crippen molar-refractivity contribution in [3.8, 4) is 0 Å². The second-order valence-corrected chi connectivity index (χ2v) is 3.52. The number of hydrogen-bond acceptors (Lipinski definition) is 4. The van der Waals surface area contributed by atoms with Gasteiger partial charge in [-0.15, -0.1) is 0 Å². The summed E-state index contributed by atoms with van der Waals surface area (Å²) in [6.45, 7) is 0. The number of hydrogen-bond donors (Lipinski definition) is 4. The van der Waals surface area contributed by atoms with Crippen LogP contribution < -0.4 is 11.2 Å². The van der Waals surface area contributed by atoms with Gasteiger partial charge in [0, 0.05) is 0 Å². The molecular weight excluding hydrogens is 314 g/mol. The van der Waals surface area contributed by atoms with Crippen LogP contribution in [-0.4, -0.2) is 43.5 Å². The van der Waals surface area contributed by atoms with E-state index in [9.17, 15) is 35.9 Å². The van der Waals surface area contributed by atoms with Crippen LogP contribution in [0.4, 0.5) is 26.3 Å². The van der Waals surface area contributed by atoms with E-state index >= 15 is 0 Å². The van der Waals surface area contributed by atoms with Crippen LogP contribution in [0, 0.1) is 0 Å². The quantitative estimate of drug-likeness (QED) is 0.526. The molecule has 7 nitrogen and oxygen atoms in total. The number of aromatic amines is 3. The van der Waals surface area contributed by atoms with Crippen LogP contribution >= 0.6 is 0 Å². The Bertz CT molecular complexity index is 697. The third-order valence-electron chi connectivity index (χ3n) is 1.95. The van der Waals surface area contributed by atoms with Gasteiger partial charge in [-0.1, -0.05) is 0 Å². The Morgan fingerprint density at radius 1 is 1.05 bits per heavy atom. The SMILES string of the molecule is O=c1[nH]c(=O)c2[nH]cnc2[nH]1.OC(C(F)(F)F)C(F)(F)F. The molecule has 0 amide bonds. The fraction of sp³-hybridized carbons (Fsp3) is 0.375. The predicted molar refractivity (Wildman–Crippen MR) is 55.5 cm³/mol. The Morgan fingerprint density at radius 3 is 2.00 bits per heavy atom. The Kier molecular flexibility index (Phi) is 4.46. The molecule has 0 fully saturated rings. The highest BCUT2D eigenvalue weighted by molar-refractivity contribution is 5.67. The standard InChI is InChI=1S/C5H4N4O2.C3H2F6O/c10-4-2-3(7-1-6-2)8-5(11)9-4;4-2(5,6)1(10)3(7,8)9/h1H,(H3,6,7,8,9,10,11);1,10H. The molecule has 0 aromatic carbocycles. The van der Waals surface area contributed by atoms with Gasteiger partial charge in [-0.2, -0.15) is 26.3 Å². The second-order valence-electron chi connectivity index (χ2n) is 3.52. The van der Waals surface area contributed by atoms with Crippen molar-refractivity contribution in [3.05, 3.63) is 27.2 Å². The van der Waals surface area contributed by atoms with Crippen molar-refractivity contribution in [2.75, 3.05) is 0 Å². The van der Waals surface area contributed by atoms with Crippen molar-refractivity contribution >= 4 is 11.2 Å². The summed E-state index contributed by atoms with van der Waals surface area (Å²) in [5.74, 6) is 0. The molecule has 2 aromatic heterocycles. The third-order valence-corrected chi connectivity index (χ3v) is 1.95. The molecule has 0 atom stereocenters. The zero-order valence-electron chi connectivity index (χ0n) is 9.63. The number of fused-ring (bicyclic) bond motifs is 1. The van der Waals surface area contributed by atoms with E-state index in [4.69, 9.17) is 5.11 Å². The molecule has 0 bridgehead atoms. The Hall–Kier alpha value is -2.31. The predicted octanol–water partition coefficient (Wildman–Crippen LogP) is 0.411. The van der Waals surface area contributed by atoms with Crippen molar-refractivity contribution in [2.45, 2.75) is 18.5 Å². The summed E-state index contributed by atoms with van der Waals surface area (Å²) in [6.07, 6.45) is -14.1. The molecule has 2 heterocycles. The minimum atomic E-state index is -5.63. The molecule has 0 spiro atoms. The number of H-pyrrole nitrogens is 3. The summed E-state index contributed by atoms with van der Waals surface area (Å²) in [7, 11) is 0. The minimum absolute atomic E-state index is 0.277. The van der Waals surface area contributed by atoms with E-state index in [-0.39, 0.29) is 11.2 Å². The number of nitrogens with one attached hydrogen (secondary N) is 3. The van der Waals surface area contributed by atoms with Crippen LogP contribution in [-0.2, 0) is 0 Å². The molecule has 13 heteroatoms. The van der Waals surface area contributed by atoms with Gasteiger partial charge in [0.1, 0.15) is 5.52 Å². The van der Waals surface area contributed by atoms with Crippen molar-refractivity contribution in [1.29, 1.82) is 0 Å².